The molecule has 6 atom stereocenters. The van der Waals surface area contributed by atoms with E-state index in [2.05, 4.69) is 0 Å². The lowest BCUT2D eigenvalue weighted by atomic mass is 9.79. The monoisotopic (exact) mass is 478 g/mol. The van der Waals surface area contributed by atoms with Crippen molar-refractivity contribution in [1.29, 1.82) is 0 Å². The molecule has 6 unspecified atom stereocenters. The van der Waals surface area contributed by atoms with Crippen LogP contribution < -0.4 is 4.74 Å². The second kappa shape index (κ2) is 12.3. The Labute approximate surface area is 207 Å². The molecule has 0 aromatic heterocycles. The molecule has 0 amide bonds. The van der Waals surface area contributed by atoms with Gasteiger partial charge in [0.2, 0.25) is 0 Å². The van der Waals surface area contributed by atoms with Gasteiger partial charge >= 0.3 is 0 Å². The molecule has 1 saturated carbocycles. The van der Waals surface area contributed by atoms with E-state index in [-0.39, 0.29) is 12.5 Å². The fourth-order valence-corrected chi connectivity index (χ4v) is 4.46. The predicted molar refractivity (Wildman–Crippen MR) is 133 cm³/mol. The van der Waals surface area contributed by atoms with Gasteiger partial charge in [0.1, 0.15) is 24.1 Å². The summed E-state index contributed by atoms with van der Waals surface area (Å²) >= 11 is 0. The van der Waals surface area contributed by atoms with Crippen molar-refractivity contribution in [2.45, 2.75) is 57.3 Å². The Balaban J connectivity index is 1.54. The number of aliphatic hydroxyl groups excluding tert-OH is 2. The van der Waals surface area contributed by atoms with E-state index >= 15 is 0 Å². The zero-order valence-electron chi connectivity index (χ0n) is 20.2. The van der Waals surface area contributed by atoms with E-state index in [4.69, 9.17) is 18.9 Å². The van der Waals surface area contributed by atoms with Gasteiger partial charge in [0.15, 0.2) is 0 Å². The van der Waals surface area contributed by atoms with Crippen molar-refractivity contribution in [3.05, 3.63) is 102 Å². The molecule has 1 aliphatic carbocycles. The van der Waals surface area contributed by atoms with Gasteiger partial charge in [-0.25, -0.2) is 0 Å². The molecule has 3 aromatic rings. The van der Waals surface area contributed by atoms with Gasteiger partial charge in [0, 0.05) is 5.92 Å². The molecule has 0 saturated heterocycles. The average molecular weight is 479 g/mol. The first-order valence-corrected chi connectivity index (χ1v) is 12.0. The average Bonchev–Trinajstić information content (AvgIpc) is 2.91. The topological polar surface area (TPSA) is 77.4 Å². The quantitative estimate of drug-likeness (QED) is 0.457. The first-order valence-electron chi connectivity index (χ1n) is 12.0. The Hall–Kier alpha value is -2.74. The van der Waals surface area contributed by atoms with Gasteiger partial charge in [-0.2, -0.15) is 0 Å². The number of hydrogen-bond donors (Lipinski definition) is 2. The molecule has 4 rings (SSSR count). The summed E-state index contributed by atoms with van der Waals surface area (Å²) < 4.78 is 24.1. The molecule has 6 nitrogen and oxygen atoms in total. The molecular formula is C29H34O6. The third kappa shape index (κ3) is 6.48. The van der Waals surface area contributed by atoms with Gasteiger partial charge in [-0.15, -0.1) is 0 Å². The highest BCUT2D eigenvalue weighted by molar-refractivity contribution is 5.26. The van der Waals surface area contributed by atoms with Crippen molar-refractivity contribution in [1.82, 2.24) is 0 Å². The zero-order chi connectivity index (χ0) is 24.6. The zero-order valence-corrected chi connectivity index (χ0v) is 20.2. The van der Waals surface area contributed by atoms with Crippen LogP contribution in [0.1, 0.15) is 23.6 Å². The Morgan fingerprint density at radius 3 is 1.54 bits per heavy atom. The van der Waals surface area contributed by atoms with Crippen LogP contribution in [0, 0.1) is 5.92 Å². The molecule has 186 valence electrons. The SMILES string of the molecule is COc1ccc(COC2C(OCc3ccccc3)C(C)C(O)C(O)C2OCc2ccccc2)cc1. The summed E-state index contributed by atoms with van der Waals surface area (Å²) in [5.41, 5.74) is 2.96. The number of rotatable bonds is 10. The smallest absolute Gasteiger partial charge is 0.118 e. The summed E-state index contributed by atoms with van der Waals surface area (Å²) in [5.74, 6) is 0.415. The highest BCUT2D eigenvalue weighted by Crippen LogP contribution is 2.34. The summed E-state index contributed by atoms with van der Waals surface area (Å²) in [6, 6.07) is 27.3. The molecular weight excluding hydrogens is 444 g/mol. The van der Waals surface area contributed by atoms with Crippen LogP contribution in [0.3, 0.4) is 0 Å². The van der Waals surface area contributed by atoms with Gasteiger partial charge in [0.05, 0.1) is 39.1 Å². The van der Waals surface area contributed by atoms with Gasteiger partial charge in [-0.3, -0.25) is 0 Å². The number of aliphatic hydroxyl groups is 2. The Morgan fingerprint density at radius 2 is 1.03 bits per heavy atom. The van der Waals surface area contributed by atoms with E-state index < -0.39 is 30.5 Å². The van der Waals surface area contributed by atoms with Crippen LogP contribution in [-0.2, 0) is 34.0 Å². The third-order valence-corrected chi connectivity index (χ3v) is 6.56. The van der Waals surface area contributed by atoms with Crippen LogP contribution >= 0.6 is 0 Å². The van der Waals surface area contributed by atoms with Crippen molar-refractivity contribution in [2.24, 2.45) is 5.92 Å². The summed E-state index contributed by atoms with van der Waals surface area (Å²) in [7, 11) is 1.63. The van der Waals surface area contributed by atoms with Crippen LogP contribution in [0.2, 0.25) is 0 Å². The van der Waals surface area contributed by atoms with E-state index in [9.17, 15) is 10.2 Å². The standard InChI is InChI=1S/C29H34O6/c1-20-25(30)26(31)28(34-18-22-11-7-4-8-12-22)29(27(20)33-17-21-9-5-3-6-10-21)35-19-23-13-15-24(32-2)16-14-23/h3-16,20,25-31H,17-19H2,1-2H3. The summed E-state index contributed by atoms with van der Waals surface area (Å²) in [4.78, 5) is 0. The van der Waals surface area contributed by atoms with Gasteiger partial charge < -0.3 is 29.2 Å². The van der Waals surface area contributed by atoms with Crippen molar-refractivity contribution in [3.63, 3.8) is 0 Å². The van der Waals surface area contributed by atoms with Gasteiger partial charge in [0.25, 0.3) is 0 Å². The molecule has 0 spiro atoms. The maximum absolute atomic E-state index is 11.0. The number of hydrogen-bond acceptors (Lipinski definition) is 6. The lowest BCUT2D eigenvalue weighted by Gasteiger charge is -2.46. The Bertz CT molecular complexity index is 953. The minimum Gasteiger partial charge on any atom is -0.497 e. The molecule has 35 heavy (non-hydrogen) atoms. The second-order valence-electron chi connectivity index (χ2n) is 8.99. The van der Waals surface area contributed by atoms with E-state index in [1.165, 1.54) is 0 Å². The molecule has 1 aliphatic rings. The molecule has 0 bridgehead atoms. The predicted octanol–water partition coefficient (Wildman–Crippen LogP) is 4.12. The van der Waals surface area contributed by atoms with E-state index in [1.54, 1.807) is 7.11 Å². The number of methoxy groups -OCH3 is 1. The summed E-state index contributed by atoms with van der Waals surface area (Å²) in [6.07, 6.45) is -3.94. The highest BCUT2D eigenvalue weighted by atomic mass is 16.6. The fraction of sp³-hybridized carbons (Fsp3) is 0.379. The molecule has 6 heteroatoms. The van der Waals surface area contributed by atoms with E-state index in [1.807, 2.05) is 91.9 Å². The van der Waals surface area contributed by atoms with Crippen molar-refractivity contribution >= 4 is 0 Å². The van der Waals surface area contributed by atoms with Gasteiger partial charge in [-0.1, -0.05) is 79.7 Å². The second-order valence-corrected chi connectivity index (χ2v) is 8.99. The molecule has 2 N–H and O–H groups in total. The Kier molecular flexibility index (Phi) is 8.90. The minimum atomic E-state index is -1.11. The third-order valence-electron chi connectivity index (χ3n) is 6.56. The maximum atomic E-state index is 11.0. The van der Waals surface area contributed by atoms with Crippen molar-refractivity contribution in [3.8, 4) is 5.75 Å². The van der Waals surface area contributed by atoms with E-state index in [0.717, 1.165) is 22.4 Å². The van der Waals surface area contributed by atoms with Gasteiger partial charge in [-0.05, 0) is 28.8 Å². The Morgan fingerprint density at radius 1 is 0.571 bits per heavy atom. The minimum absolute atomic E-state index is 0.289. The van der Waals surface area contributed by atoms with Crippen LogP contribution in [0.25, 0.3) is 0 Å². The summed E-state index contributed by atoms with van der Waals surface area (Å²) in [6.45, 7) is 2.84. The molecule has 1 fully saturated rings. The fourth-order valence-electron chi connectivity index (χ4n) is 4.46. The number of ether oxygens (including phenoxy) is 4. The molecule has 0 aliphatic heterocycles. The normalized spacial score (nSPS) is 26.4. The first kappa shape index (κ1) is 25.4. The van der Waals surface area contributed by atoms with Crippen LogP contribution in [0.5, 0.6) is 5.75 Å². The van der Waals surface area contributed by atoms with Crippen molar-refractivity contribution in [2.75, 3.05) is 7.11 Å². The highest BCUT2D eigenvalue weighted by Gasteiger charge is 2.50. The van der Waals surface area contributed by atoms with E-state index in [0.29, 0.717) is 13.2 Å². The van der Waals surface area contributed by atoms with Crippen LogP contribution in [-0.4, -0.2) is 47.8 Å². The largest absolute Gasteiger partial charge is 0.497 e. The first-order chi connectivity index (χ1) is 17.1. The molecule has 3 aromatic carbocycles. The molecule has 0 heterocycles. The van der Waals surface area contributed by atoms with Crippen LogP contribution in [0.15, 0.2) is 84.9 Å². The molecule has 0 radical (unpaired) electrons. The number of benzene rings is 3. The van der Waals surface area contributed by atoms with Crippen LogP contribution in [0.4, 0.5) is 0 Å². The lowest BCUT2D eigenvalue weighted by molar-refractivity contribution is -0.246. The van der Waals surface area contributed by atoms with Crippen molar-refractivity contribution < 1.29 is 29.2 Å². The lowest BCUT2D eigenvalue weighted by Crippen LogP contribution is -2.62. The summed E-state index contributed by atoms with van der Waals surface area (Å²) in [5, 5.41) is 21.9. The maximum Gasteiger partial charge on any atom is 0.118 e.